The van der Waals surface area contributed by atoms with Crippen molar-refractivity contribution >= 4 is 13.2 Å². The summed E-state index contributed by atoms with van der Waals surface area (Å²) in [6.45, 7) is 21.8. The Morgan fingerprint density at radius 2 is 1.48 bits per heavy atom. The van der Waals surface area contributed by atoms with E-state index in [0.29, 0.717) is 0 Å². The Bertz CT molecular complexity index is 514. The van der Waals surface area contributed by atoms with Crippen LogP contribution >= 0.6 is 0 Å². The summed E-state index contributed by atoms with van der Waals surface area (Å²) in [5.74, 6) is 0.256. The van der Waals surface area contributed by atoms with E-state index in [-0.39, 0.29) is 5.92 Å². The first-order chi connectivity index (χ1) is 11.0. The third-order valence-corrected chi connectivity index (χ3v) is 4.67. The number of nitrogens with one attached hydrogen (secondary N) is 1. The van der Waals surface area contributed by atoms with Gasteiger partial charge in [-0.3, -0.25) is 5.32 Å². The van der Waals surface area contributed by atoms with Gasteiger partial charge in [-0.05, 0) is 54.4 Å². The van der Waals surface area contributed by atoms with Gasteiger partial charge in [-0.15, -0.1) is 0 Å². The lowest BCUT2D eigenvalue weighted by molar-refractivity contribution is 0.00578. The van der Waals surface area contributed by atoms with E-state index < -0.39 is 35.3 Å². The van der Waals surface area contributed by atoms with E-state index in [1.54, 1.807) is 0 Å². The van der Waals surface area contributed by atoms with Crippen molar-refractivity contribution in [3.05, 3.63) is 11.8 Å². The molecule has 0 aromatic carbocycles. The minimum Gasteiger partial charge on any atom is -0.444 e. The zero-order valence-corrected chi connectivity index (χ0v) is 17.9. The molecule has 144 valence electrons. The fourth-order valence-electron chi connectivity index (χ4n) is 2.43. The Morgan fingerprint density at radius 1 is 1.04 bits per heavy atom. The number of hydrogen-bond donors (Lipinski definition) is 1. The van der Waals surface area contributed by atoms with Crippen LogP contribution in [0, 0.1) is 5.92 Å². The predicted octanol–water partition coefficient (Wildman–Crippen LogP) is 4.92. The normalized spacial score (nSPS) is 20.8. The maximum atomic E-state index is 12.3. The van der Waals surface area contributed by atoms with E-state index in [2.05, 4.69) is 19.2 Å². The van der Waals surface area contributed by atoms with Crippen molar-refractivity contribution in [1.29, 1.82) is 0 Å². The molecule has 0 aromatic rings. The maximum Gasteiger partial charge on any atom is 0.470 e. The number of carbonyl (C=O) groups is 1. The Morgan fingerprint density at radius 3 is 1.84 bits per heavy atom. The van der Waals surface area contributed by atoms with Crippen molar-refractivity contribution in [3.8, 4) is 0 Å². The summed E-state index contributed by atoms with van der Waals surface area (Å²) in [7, 11) is -0.475. The molecule has 1 N–H and O–H groups in total. The zero-order valence-electron chi connectivity index (χ0n) is 17.9. The van der Waals surface area contributed by atoms with Gasteiger partial charge in [-0.2, -0.15) is 0 Å². The first-order valence-corrected chi connectivity index (χ1v) is 9.06. The number of alkyl carbamates (subject to hydrolysis) is 1. The number of allylic oxidation sites excluding steroid dienone is 2. The highest BCUT2D eigenvalue weighted by molar-refractivity contribution is 6.50. The van der Waals surface area contributed by atoms with Gasteiger partial charge < -0.3 is 14.0 Å². The largest absolute Gasteiger partial charge is 0.470 e. The maximum absolute atomic E-state index is 12.3. The average molecular weight is 353 g/mol. The van der Waals surface area contributed by atoms with Gasteiger partial charge in [0.2, 0.25) is 0 Å². The van der Waals surface area contributed by atoms with Crippen molar-refractivity contribution in [2.45, 2.75) is 98.3 Å². The van der Waals surface area contributed by atoms with Crippen LogP contribution in [0.15, 0.2) is 11.8 Å². The van der Waals surface area contributed by atoms with Crippen LogP contribution in [0.3, 0.4) is 0 Å². The molecule has 1 saturated heterocycles. The third-order valence-electron chi connectivity index (χ3n) is 4.67. The number of carbonyl (C=O) groups excluding carboxylic acids is 1. The Hall–Kier alpha value is -1.01. The predicted molar refractivity (Wildman–Crippen MR) is 102 cm³/mol. The fraction of sp³-hybridized carbons (Fsp3) is 0.842. The molecule has 1 fully saturated rings. The quantitative estimate of drug-likeness (QED) is 0.729. The second-order valence-electron chi connectivity index (χ2n) is 9.76. The smallest absolute Gasteiger partial charge is 0.444 e. The molecule has 0 saturated carbocycles. The van der Waals surface area contributed by atoms with E-state index in [9.17, 15) is 4.79 Å². The van der Waals surface area contributed by atoms with Crippen molar-refractivity contribution < 1.29 is 18.8 Å². The number of ether oxygens (including phenoxy) is 1. The molecule has 1 heterocycles. The monoisotopic (exact) mass is 353 g/mol. The van der Waals surface area contributed by atoms with Crippen molar-refractivity contribution in [2.24, 2.45) is 5.92 Å². The summed E-state index contributed by atoms with van der Waals surface area (Å²) >= 11 is 0. The molecule has 0 aromatic heterocycles. The summed E-state index contributed by atoms with van der Waals surface area (Å²) < 4.78 is 17.9. The van der Waals surface area contributed by atoms with Crippen LogP contribution in [0.5, 0.6) is 0 Å². The van der Waals surface area contributed by atoms with Gasteiger partial charge in [-0.25, -0.2) is 4.79 Å². The van der Waals surface area contributed by atoms with E-state index in [0.717, 1.165) is 5.70 Å². The van der Waals surface area contributed by atoms with Crippen LogP contribution in [0.2, 0.25) is 5.31 Å². The van der Waals surface area contributed by atoms with Crippen molar-refractivity contribution in [1.82, 2.24) is 5.32 Å². The Labute approximate surface area is 154 Å². The molecular formula is C19H36BNO4. The molecule has 6 heteroatoms. The van der Waals surface area contributed by atoms with Gasteiger partial charge in [0.25, 0.3) is 0 Å². The summed E-state index contributed by atoms with van der Waals surface area (Å²) in [6.07, 6.45) is 1.55. The van der Waals surface area contributed by atoms with Crippen LogP contribution in [-0.2, 0) is 14.0 Å². The van der Waals surface area contributed by atoms with Gasteiger partial charge >= 0.3 is 13.2 Å². The number of rotatable bonds is 4. The van der Waals surface area contributed by atoms with Crippen molar-refractivity contribution in [2.75, 3.05) is 0 Å². The average Bonchev–Trinajstić information content (AvgIpc) is 2.55. The van der Waals surface area contributed by atoms with E-state index in [1.165, 1.54) is 0 Å². The molecule has 0 atom stereocenters. The molecule has 1 aliphatic heterocycles. The minimum absolute atomic E-state index is 0.256. The summed E-state index contributed by atoms with van der Waals surface area (Å²) in [6, 6.07) is 0. The van der Waals surface area contributed by atoms with E-state index >= 15 is 0 Å². The van der Waals surface area contributed by atoms with Crippen LogP contribution in [0.4, 0.5) is 4.79 Å². The highest BCUT2D eigenvalue weighted by atomic mass is 16.7. The zero-order chi connectivity index (χ0) is 19.8. The summed E-state index contributed by atoms with van der Waals surface area (Å²) in [5, 5.41) is 2.37. The topological polar surface area (TPSA) is 56.8 Å². The van der Waals surface area contributed by atoms with Crippen LogP contribution < -0.4 is 5.32 Å². The van der Waals surface area contributed by atoms with Crippen LogP contribution in [-0.4, -0.2) is 30.0 Å². The van der Waals surface area contributed by atoms with Crippen LogP contribution in [0.1, 0.15) is 76.2 Å². The minimum atomic E-state index is -0.554. The van der Waals surface area contributed by atoms with Gasteiger partial charge in [0, 0.05) is 11.0 Å². The molecular weight excluding hydrogens is 317 g/mol. The molecule has 5 nitrogen and oxygen atoms in total. The first kappa shape index (κ1) is 22.0. The molecule has 1 rings (SSSR count). The van der Waals surface area contributed by atoms with Gasteiger partial charge in [-0.1, -0.05) is 33.8 Å². The number of hydrogen-bond acceptors (Lipinski definition) is 4. The molecule has 0 aliphatic carbocycles. The van der Waals surface area contributed by atoms with Crippen molar-refractivity contribution in [3.63, 3.8) is 0 Å². The second kappa shape index (κ2) is 6.95. The van der Waals surface area contributed by atoms with Crippen LogP contribution in [0.25, 0.3) is 0 Å². The molecule has 0 radical (unpaired) electrons. The molecule has 0 unspecified atom stereocenters. The lowest BCUT2D eigenvalue weighted by Crippen LogP contribution is -2.41. The molecule has 1 amide bonds. The van der Waals surface area contributed by atoms with E-state index in [1.807, 2.05) is 68.4 Å². The third kappa shape index (κ3) is 5.48. The first-order valence-electron chi connectivity index (χ1n) is 9.06. The SMILES string of the molecule is CC(C)/C=C(/NC(=O)OC(C)(C)C)C(C)(C)B1OC(C)(C)C(C)(C)O1. The lowest BCUT2D eigenvalue weighted by atomic mass is 9.57. The Balaban J connectivity index is 3.08. The Kier molecular flexibility index (Phi) is 6.13. The summed E-state index contributed by atoms with van der Waals surface area (Å²) in [4.78, 5) is 12.3. The highest BCUT2D eigenvalue weighted by Crippen LogP contribution is 2.47. The molecule has 0 bridgehead atoms. The molecule has 25 heavy (non-hydrogen) atoms. The standard InChI is InChI=1S/C19H36BNO4/c1-13(2)12-14(21-15(22)23-16(3,4)5)17(6,7)20-24-18(8,9)19(10,11)25-20/h12-13H,1-11H3,(H,21,22)/b14-12+. The fourth-order valence-corrected chi connectivity index (χ4v) is 2.43. The van der Waals surface area contributed by atoms with E-state index in [4.69, 9.17) is 14.0 Å². The molecule has 0 spiro atoms. The number of amides is 1. The van der Waals surface area contributed by atoms with Gasteiger partial charge in [0.15, 0.2) is 0 Å². The lowest BCUT2D eigenvalue weighted by Gasteiger charge is -2.32. The highest BCUT2D eigenvalue weighted by Gasteiger charge is 2.57. The molecule has 1 aliphatic rings. The second-order valence-corrected chi connectivity index (χ2v) is 9.76. The van der Waals surface area contributed by atoms with Gasteiger partial charge in [0.05, 0.1) is 11.2 Å². The van der Waals surface area contributed by atoms with Gasteiger partial charge in [0.1, 0.15) is 5.60 Å². The summed E-state index contributed by atoms with van der Waals surface area (Å²) in [5.41, 5.74) is -0.662.